The van der Waals surface area contributed by atoms with E-state index in [-0.39, 0.29) is 0 Å². The molecule has 0 spiro atoms. The third kappa shape index (κ3) is 1.79. The number of hydrogen-bond acceptors (Lipinski definition) is 3. The van der Waals surface area contributed by atoms with Crippen LogP contribution < -0.4 is 9.47 Å². The highest BCUT2D eigenvalue weighted by atomic mass is 16.8. The molecule has 3 nitrogen and oxygen atoms in total. The summed E-state index contributed by atoms with van der Waals surface area (Å²) >= 11 is 0. The van der Waals surface area contributed by atoms with Crippen molar-refractivity contribution < 1.29 is 14.2 Å². The average Bonchev–Trinajstić information content (AvgIpc) is 2.67. The van der Waals surface area contributed by atoms with Crippen molar-refractivity contribution >= 4 is 21.5 Å². The van der Waals surface area contributed by atoms with Gasteiger partial charge in [-0.25, -0.2) is 0 Å². The molecule has 0 N–H and O–H groups in total. The fraction of sp³-hybridized carbons (Fsp3) is 0.0909. The molecule has 0 amide bonds. The molecule has 2 bridgehead atoms. The minimum absolute atomic E-state index is 0.450. The summed E-state index contributed by atoms with van der Waals surface area (Å²) in [6, 6.07) is 24.7. The van der Waals surface area contributed by atoms with E-state index < -0.39 is 12.6 Å². The lowest BCUT2D eigenvalue weighted by molar-refractivity contribution is -0.226. The summed E-state index contributed by atoms with van der Waals surface area (Å²) in [6.45, 7) is 0. The maximum Gasteiger partial charge on any atom is 0.234 e. The van der Waals surface area contributed by atoms with Crippen LogP contribution in [-0.2, 0) is 4.74 Å². The fourth-order valence-corrected chi connectivity index (χ4v) is 3.90. The van der Waals surface area contributed by atoms with Gasteiger partial charge in [0.2, 0.25) is 12.6 Å². The van der Waals surface area contributed by atoms with Gasteiger partial charge in [0.15, 0.2) is 0 Å². The molecule has 0 radical (unpaired) electrons. The maximum absolute atomic E-state index is 6.24. The molecular formula is C22H14O3. The monoisotopic (exact) mass is 326 g/mol. The van der Waals surface area contributed by atoms with Crippen LogP contribution in [-0.4, -0.2) is 0 Å². The summed E-state index contributed by atoms with van der Waals surface area (Å²) in [5.74, 6) is 1.66. The van der Waals surface area contributed by atoms with Gasteiger partial charge in [0.25, 0.3) is 0 Å². The molecular weight excluding hydrogens is 312 g/mol. The van der Waals surface area contributed by atoms with E-state index in [2.05, 4.69) is 36.4 Å². The Morgan fingerprint density at radius 1 is 0.520 bits per heavy atom. The van der Waals surface area contributed by atoms with Crippen molar-refractivity contribution in [1.82, 2.24) is 0 Å². The van der Waals surface area contributed by atoms with E-state index in [0.29, 0.717) is 0 Å². The van der Waals surface area contributed by atoms with Crippen molar-refractivity contribution in [2.24, 2.45) is 0 Å². The smallest absolute Gasteiger partial charge is 0.234 e. The Morgan fingerprint density at radius 3 is 1.52 bits per heavy atom. The third-order valence-corrected chi connectivity index (χ3v) is 5.05. The largest absolute Gasteiger partial charge is 0.460 e. The molecule has 4 aromatic carbocycles. The SMILES string of the molecule is c1ccc2c3c(ccc2c1)OC1OC3Oc2ccc3ccccc3c21. The minimum atomic E-state index is -0.450. The molecule has 0 aromatic heterocycles. The predicted octanol–water partition coefficient (Wildman–Crippen LogP) is 5.49. The standard InChI is InChI=1S/C22H14O3/c1-3-7-15-13(5-1)9-11-17-19(15)21-24-18-12-10-14-6-2-4-8-16(14)20(18)22(23-17)25-21/h1-12,21-22H. The third-order valence-electron chi connectivity index (χ3n) is 5.05. The number of ether oxygens (including phenoxy) is 3. The van der Waals surface area contributed by atoms with Gasteiger partial charge in [0.1, 0.15) is 11.5 Å². The zero-order chi connectivity index (χ0) is 16.4. The van der Waals surface area contributed by atoms with E-state index in [4.69, 9.17) is 14.2 Å². The number of rotatable bonds is 0. The quantitative estimate of drug-likeness (QED) is 0.427. The minimum Gasteiger partial charge on any atom is -0.460 e. The number of benzene rings is 4. The second-order valence-electron chi connectivity index (χ2n) is 6.43. The molecule has 25 heavy (non-hydrogen) atoms. The van der Waals surface area contributed by atoms with Gasteiger partial charge in [-0.3, -0.25) is 4.74 Å². The summed E-state index contributed by atoms with van der Waals surface area (Å²) in [4.78, 5) is 0. The zero-order valence-corrected chi connectivity index (χ0v) is 13.3. The number of fused-ring (bicyclic) bond motifs is 10. The Labute approximate surface area is 144 Å². The topological polar surface area (TPSA) is 27.7 Å². The molecule has 0 fully saturated rings. The van der Waals surface area contributed by atoms with Crippen LogP contribution in [0.2, 0.25) is 0 Å². The summed E-state index contributed by atoms with van der Waals surface area (Å²) in [5.41, 5.74) is 1.93. The van der Waals surface area contributed by atoms with Crippen molar-refractivity contribution in [2.45, 2.75) is 12.6 Å². The molecule has 2 aliphatic heterocycles. The lowest BCUT2D eigenvalue weighted by atomic mass is 9.98. The summed E-state index contributed by atoms with van der Waals surface area (Å²) < 4.78 is 18.6. The van der Waals surface area contributed by atoms with Crippen LogP contribution in [0, 0.1) is 0 Å². The van der Waals surface area contributed by atoms with Crippen LogP contribution in [0.25, 0.3) is 21.5 Å². The van der Waals surface area contributed by atoms with Crippen LogP contribution in [0.3, 0.4) is 0 Å². The van der Waals surface area contributed by atoms with Crippen LogP contribution in [0.15, 0.2) is 72.8 Å². The van der Waals surface area contributed by atoms with Gasteiger partial charge in [0.05, 0.1) is 11.1 Å². The highest BCUT2D eigenvalue weighted by Gasteiger charge is 2.39. The molecule has 2 atom stereocenters. The number of hydrogen-bond donors (Lipinski definition) is 0. The van der Waals surface area contributed by atoms with E-state index in [9.17, 15) is 0 Å². The molecule has 3 heteroatoms. The molecule has 0 saturated carbocycles. The van der Waals surface area contributed by atoms with E-state index >= 15 is 0 Å². The second kappa shape index (κ2) is 4.74. The van der Waals surface area contributed by atoms with Crippen LogP contribution in [0.5, 0.6) is 11.5 Å². The summed E-state index contributed by atoms with van der Waals surface area (Å²) in [7, 11) is 0. The molecule has 120 valence electrons. The first-order valence-corrected chi connectivity index (χ1v) is 8.40. The molecule has 2 aliphatic rings. The van der Waals surface area contributed by atoms with Gasteiger partial charge in [-0.1, -0.05) is 60.7 Å². The van der Waals surface area contributed by atoms with Crippen molar-refractivity contribution in [3.63, 3.8) is 0 Å². The average molecular weight is 326 g/mol. The summed E-state index contributed by atoms with van der Waals surface area (Å²) in [6.07, 6.45) is -0.901. The molecule has 2 unspecified atom stereocenters. The van der Waals surface area contributed by atoms with Crippen LogP contribution >= 0.6 is 0 Å². The van der Waals surface area contributed by atoms with Crippen LogP contribution in [0.1, 0.15) is 23.7 Å². The van der Waals surface area contributed by atoms with Crippen molar-refractivity contribution in [3.05, 3.63) is 83.9 Å². The highest BCUT2D eigenvalue weighted by Crippen LogP contribution is 2.51. The van der Waals surface area contributed by atoms with E-state index in [0.717, 1.165) is 44.2 Å². The first-order valence-electron chi connectivity index (χ1n) is 8.40. The van der Waals surface area contributed by atoms with Gasteiger partial charge < -0.3 is 9.47 Å². The predicted molar refractivity (Wildman–Crippen MR) is 95.7 cm³/mol. The van der Waals surface area contributed by atoms with Crippen LogP contribution in [0.4, 0.5) is 0 Å². The molecule has 4 aromatic rings. The molecule has 0 saturated heterocycles. The second-order valence-corrected chi connectivity index (χ2v) is 6.43. The van der Waals surface area contributed by atoms with E-state index in [1.807, 2.05) is 36.4 Å². The van der Waals surface area contributed by atoms with Crippen molar-refractivity contribution in [3.8, 4) is 11.5 Å². The van der Waals surface area contributed by atoms with Gasteiger partial charge in [-0.15, -0.1) is 0 Å². The highest BCUT2D eigenvalue weighted by molar-refractivity contribution is 5.90. The van der Waals surface area contributed by atoms with Crippen molar-refractivity contribution in [1.29, 1.82) is 0 Å². The van der Waals surface area contributed by atoms with Gasteiger partial charge in [-0.05, 0) is 33.7 Å². The van der Waals surface area contributed by atoms with Crippen molar-refractivity contribution in [2.75, 3.05) is 0 Å². The Bertz CT molecular complexity index is 1060. The van der Waals surface area contributed by atoms with Gasteiger partial charge in [0, 0.05) is 0 Å². The zero-order valence-electron chi connectivity index (χ0n) is 13.3. The first kappa shape index (κ1) is 13.3. The normalized spacial score (nSPS) is 20.5. The molecule has 2 heterocycles. The Kier molecular flexibility index (Phi) is 2.52. The summed E-state index contributed by atoms with van der Waals surface area (Å²) in [5, 5.41) is 4.51. The van der Waals surface area contributed by atoms with Gasteiger partial charge >= 0.3 is 0 Å². The molecule has 6 rings (SSSR count). The first-order chi connectivity index (χ1) is 12.4. The Balaban J connectivity index is 1.59. The van der Waals surface area contributed by atoms with Gasteiger partial charge in [-0.2, -0.15) is 0 Å². The maximum atomic E-state index is 6.24. The van der Waals surface area contributed by atoms with E-state index in [1.165, 1.54) is 0 Å². The van der Waals surface area contributed by atoms with E-state index in [1.54, 1.807) is 0 Å². The molecule has 0 aliphatic carbocycles. The fourth-order valence-electron chi connectivity index (χ4n) is 3.90. The lowest BCUT2D eigenvalue weighted by Gasteiger charge is -2.38. The Hall–Kier alpha value is -3.04. The lowest BCUT2D eigenvalue weighted by Crippen LogP contribution is -2.30. The Morgan fingerprint density at radius 2 is 1.00 bits per heavy atom.